The highest BCUT2D eigenvalue weighted by Gasteiger charge is 2.37. The summed E-state index contributed by atoms with van der Waals surface area (Å²) in [6, 6.07) is 5.82. The number of nitrogens with zero attached hydrogens (tertiary/aromatic N) is 2. The Labute approximate surface area is 149 Å². The van der Waals surface area contributed by atoms with E-state index in [1.54, 1.807) is 6.07 Å². The molecule has 1 N–H and O–H groups in total. The van der Waals surface area contributed by atoms with Gasteiger partial charge in [-0.15, -0.1) is 0 Å². The lowest BCUT2D eigenvalue weighted by atomic mass is 9.95. The van der Waals surface area contributed by atoms with Gasteiger partial charge in [-0.05, 0) is 50.3 Å². The maximum absolute atomic E-state index is 12.8. The number of rotatable bonds is 2. The van der Waals surface area contributed by atoms with Crippen LogP contribution in [0.4, 0.5) is 5.69 Å². The first-order chi connectivity index (χ1) is 12.1. The number of piperidine rings is 1. The van der Waals surface area contributed by atoms with Crippen molar-refractivity contribution in [1.82, 2.24) is 10.2 Å². The van der Waals surface area contributed by atoms with Crippen LogP contribution in [-0.4, -0.2) is 42.5 Å². The second-order valence-corrected chi connectivity index (χ2v) is 7.63. The highest BCUT2D eigenvalue weighted by atomic mass is 16.2. The van der Waals surface area contributed by atoms with E-state index in [4.69, 9.17) is 0 Å². The van der Waals surface area contributed by atoms with Crippen molar-refractivity contribution >= 4 is 17.5 Å². The molecule has 0 bridgehead atoms. The Kier molecular flexibility index (Phi) is 4.40. The second kappa shape index (κ2) is 6.70. The van der Waals surface area contributed by atoms with E-state index in [1.807, 2.05) is 24.1 Å². The molecule has 1 saturated carbocycles. The first-order valence-corrected chi connectivity index (χ1v) is 9.64. The van der Waals surface area contributed by atoms with Gasteiger partial charge >= 0.3 is 0 Å². The molecular weight excluding hydrogens is 314 g/mol. The summed E-state index contributed by atoms with van der Waals surface area (Å²) in [6.07, 6.45) is 9.18. The summed E-state index contributed by atoms with van der Waals surface area (Å²) < 4.78 is 0. The van der Waals surface area contributed by atoms with E-state index in [0.29, 0.717) is 11.6 Å². The lowest BCUT2D eigenvalue weighted by Gasteiger charge is -2.46. The lowest BCUT2D eigenvalue weighted by molar-refractivity contribution is 0.0589. The molecule has 1 aliphatic carbocycles. The first-order valence-electron chi connectivity index (χ1n) is 9.64. The van der Waals surface area contributed by atoms with Gasteiger partial charge < -0.3 is 15.1 Å². The van der Waals surface area contributed by atoms with Crippen LogP contribution < -0.4 is 10.2 Å². The van der Waals surface area contributed by atoms with Crippen LogP contribution in [0.3, 0.4) is 0 Å². The minimum absolute atomic E-state index is 0.0124. The number of fused-ring (bicyclic) bond motifs is 2. The second-order valence-electron chi connectivity index (χ2n) is 7.63. The van der Waals surface area contributed by atoms with Crippen molar-refractivity contribution in [3.63, 3.8) is 0 Å². The molecule has 0 spiro atoms. The molecule has 4 rings (SSSR count). The van der Waals surface area contributed by atoms with Crippen LogP contribution in [0.15, 0.2) is 18.2 Å². The molecule has 1 aromatic rings. The zero-order valence-corrected chi connectivity index (χ0v) is 15.0. The fourth-order valence-electron chi connectivity index (χ4n) is 4.53. The van der Waals surface area contributed by atoms with Gasteiger partial charge in [-0.2, -0.15) is 0 Å². The van der Waals surface area contributed by atoms with Crippen LogP contribution in [0, 0.1) is 0 Å². The third kappa shape index (κ3) is 3.00. The highest BCUT2D eigenvalue weighted by molar-refractivity contribution is 6.04. The Hall–Kier alpha value is -2.04. The molecule has 134 valence electrons. The monoisotopic (exact) mass is 341 g/mol. The van der Waals surface area contributed by atoms with E-state index in [1.165, 1.54) is 19.3 Å². The number of hydrogen-bond acceptors (Lipinski definition) is 3. The Morgan fingerprint density at radius 1 is 1.08 bits per heavy atom. The Bertz CT molecular complexity index is 682. The number of benzene rings is 1. The SMILES string of the molecule is CN1c2cc(C(=O)NC3CCCCC3)ccc2C(=O)N2CCCCC21. The number of hydrogen-bond donors (Lipinski definition) is 1. The van der Waals surface area contributed by atoms with Gasteiger partial charge in [0.15, 0.2) is 0 Å². The van der Waals surface area contributed by atoms with Crippen molar-refractivity contribution < 1.29 is 9.59 Å². The van der Waals surface area contributed by atoms with Crippen molar-refractivity contribution in [3.05, 3.63) is 29.3 Å². The quantitative estimate of drug-likeness (QED) is 0.899. The molecule has 1 aromatic carbocycles. The van der Waals surface area contributed by atoms with Gasteiger partial charge in [0.25, 0.3) is 11.8 Å². The predicted molar refractivity (Wildman–Crippen MR) is 97.9 cm³/mol. The number of anilines is 1. The summed E-state index contributed by atoms with van der Waals surface area (Å²) >= 11 is 0. The van der Waals surface area contributed by atoms with Gasteiger partial charge in [0.05, 0.1) is 11.3 Å². The van der Waals surface area contributed by atoms with Crippen molar-refractivity contribution in [2.24, 2.45) is 0 Å². The van der Waals surface area contributed by atoms with Gasteiger partial charge in [0, 0.05) is 25.2 Å². The Morgan fingerprint density at radius 3 is 2.64 bits per heavy atom. The molecule has 0 aromatic heterocycles. The van der Waals surface area contributed by atoms with Crippen LogP contribution in [0.1, 0.15) is 72.1 Å². The fraction of sp³-hybridized carbons (Fsp3) is 0.600. The molecule has 0 radical (unpaired) electrons. The van der Waals surface area contributed by atoms with E-state index in [-0.39, 0.29) is 18.0 Å². The van der Waals surface area contributed by atoms with Crippen molar-refractivity contribution in [1.29, 1.82) is 0 Å². The van der Waals surface area contributed by atoms with Crippen molar-refractivity contribution in [3.8, 4) is 0 Å². The Morgan fingerprint density at radius 2 is 1.84 bits per heavy atom. The van der Waals surface area contributed by atoms with E-state index in [2.05, 4.69) is 10.2 Å². The summed E-state index contributed by atoms with van der Waals surface area (Å²) in [5.41, 5.74) is 2.27. The third-order valence-electron chi connectivity index (χ3n) is 5.99. The van der Waals surface area contributed by atoms with Crippen LogP contribution >= 0.6 is 0 Å². The molecule has 25 heavy (non-hydrogen) atoms. The summed E-state index contributed by atoms with van der Waals surface area (Å²) in [4.78, 5) is 29.6. The maximum Gasteiger partial charge on any atom is 0.257 e. The minimum Gasteiger partial charge on any atom is -0.354 e. The Balaban J connectivity index is 1.57. The fourth-order valence-corrected chi connectivity index (χ4v) is 4.53. The molecule has 5 nitrogen and oxygen atoms in total. The summed E-state index contributed by atoms with van der Waals surface area (Å²) in [6.45, 7) is 0.831. The van der Waals surface area contributed by atoms with E-state index < -0.39 is 0 Å². The third-order valence-corrected chi connectivity index (χ3v) is 5.99. The largest absolute Gasteiger partial charge is 0.354 e. The van der Waals surface area contributed by atoms with Gasteiger partial charge in [0.1, 0.15) is 6.17 Å². The van der Waals surface area contributed by atoms with Gasteiger partial charge in [0.2, 0.25) is 0 Å². The first kappa shape index (κ1) is 16.4. The average molecular weight is 341 g/mol. The summed E-state index contributed by atoms with van der Waals surface area (Å²) in [5.74, 6) is 0.0960. The summed E-state index contributed by atoms with van der Waals surface area (Å²) in [5, 5.41) is 3.17. The molecule has 2 aliphatic heterocycles. The molecule has 2 heterocycles. The lowest BCUT2D eigenvalue weighted by Crippen LogP contribution is -2.55. The van der Waals surface area contributed by atoms with Crippen LogP contribution in [0.25, 0.3) is 0 Å². The molecule has 1 saturated heterocycles. The van der Waals surface area contributed by atoms with E-state index >= 15 is 0 Å². The van der Waals surface area contributed by atoms with Crippen molar-refractivity contribution in [2.75, 3.05) is 18.5 Å². The number of amides is 2. The van der Waals surface area contributed by atoms with E-state index in [0.717, 1.165) is 49.9 Å². The maximum atomic E-state index is 12.8. The summed E-state index contributed by atoms with van der Waals surface area (Å²) in [7, 11) is 2.04. The number of nitrogens with one attached hydrogen (secondary N) is 1. The smallest absolute Gasteiger partial charge is 0.257 e. The number of carbonyl (C=O) groups excluding carboxylic acids is 2. The number of carbonyl (C=O) groups is 2. The predicted octanol–water partition coefficient (Wildman–Crippen LogP) is 3.15. The molecule has 2 fully saturated rings. The van der Waals surface area contributed by atoms with Gasteiger partial charge in [-0.25, -0.2) is 0 Å². The molecule has 5 heteroatoms. The van der Waals surface area contributed by atoms with Gasteiger partial charge in [-0.3, -0.25) is 9.59 Å². The zero-order chi connectivity index (χ0) is 17.4. The molecule has 2 amide bonds. The highest BCUT2D eigenvalue weighted by Crippen LogP contribution is 2.34. The normalized spacial score (nSPS) is 23.9. The van der Waals surface area contributed by atoms with Crippen LogP contribution in [-0.2, 0) is 0 Å². The van der Waals surface area contributed by atoms with Gasteiger partial charge in [-0.1, -0.05) is 19.3 Å². The van der Waals surface area contributed by atoms with E-state index in [9.17, 15) is 9.59 Å². The molecular formula is C20H27N3O2. The average Bonchev–Trinajstić information content (AvgIpc) is 2.66. The minimum atomic E-state index is -0.0124. The van der Waals surface area contributed by atoms with Crippen molar-refractivity contribution in [2.45, 2.75) is 63.6 Å². The van der Waals surface area contributed by atoms with Crippen LogP contribution in [0.2, 0.25) is 0 Å². The molecule has 1 atom stereocenters. The molecule has 1 unspecified atom stereocenters. The van der Waals surface area contributed by atoms with Crippen LogP contribution in [0.5, 0.6) is 0 Å². The topological polar surface area (TPSA) is 52.7 Å². The zero-order valence-electron chi connectivity index (χ0n) is 15.0. The molecule has 3 aliphatic rings. The standard InChI is InChI=1S/C20H27N3O2/c1-22-17-13-14(19(24)21-15-7-3-2-4-8-15)10-11-16(17)20(25)23-12-6-5-9-18(22)23/h10-11,13,15,18H,2-9,12H2,1H3,(H,21,24).